The molecule has 0 bridgehead atoms. The molecule has 3 rings (SSSR count). The van der Waals surface area contributed by atoms with Gasteiger partial charge in [0.15, 0.2) is 0 Å². The van der Waals surface area contributed by atoms with Gasteiger partial charge < -0.3 is 15.2 Å². The van der Waals surface area contributed by atoms with Gasteiger partial charge in [0.25, 0.3) is 5.91 Å². The summed E-state index contributed by atoms with van der Waals surface area (Å²) in [6.45, 7) is 0.566. The first-order valence-electron chi connectivity index (χ1n) is 9.33. The number of methoxy groups -OCH3 is 1. The molecule has 2 N–H and O–H groups in total. The van der Waals surface area contributed by atoms with Gasteiger partial charge in [-0.25, -0.2) is 0 Å². The van der Waals surface area contributed by atoms with Crippen molar-refractivity contribution in [3.05, 3.63) is 54.1 Å². The molecule has 2 aromatic carbocycles. The number of hydrogen-bond acceptors (Lipinski definition) is 3. The number of hydrogen-bond donors (Lipinski definition) is 2. The highest BCUT2D eigenvalue weighted by atomic mass is 16.5. The summed E-state index contributed by atoms with van der Waals surface area (Å²) < 4.78 is 5.29. The number of amides is 1. The summed E-state index contributed by atoms with van der Waals surface area (Å²) in [6, 6.07) is 15.3. The highest BCUT2D eigenvalue weighted by Gasteiger charge is 2.26. The molecule has 27 heavy (non-hydrogen) atoms. The zero-order chi connectivity index (χ0) is 19.2. The molecule has 1 fully saturated rings. The van der Waals surface area contributed by atoms with E-state index in [1.165, 1.54) is 0 Å². The minimum Gasteiger partial charge on any atom is -0.497 e. The van der Waals surface area contributed by atoms with Crippen molar-refractivity contribution in [2.75, 3.05) is 13.7 Å². The summed E-state index contributed by atoms with van der Waals surface area (Å²) in [7, 11) is 1.58. The molecule has 0 spiro atoms. The minimum absolute atomic E-state index is 0.131. The number of rotatable bonds is 6. The van der Waals surface area contributed by atoms with Crippen molar-refractivity contribution < 1.29 is 19.4 Å². The maximum absolute atomic E-state index is 12.9. The van der Waals surface area contributed by atoms with Gasteiger partial charge in [0.05, 0.1) is 18.6 Å². The van der Waals surface area contributed by atoms with Crippen LogP contribution in [0.1, 0.15) is 36.0 Å². The Hall–Kier alpha value is -2.82. The molecule has 0 heterocycles. The first kappa shape index (κ1) is 19.0. The van der Waals surface area contributed by atoms with Gasteiger partial charge in [-0.2, -0.15) is 0 Å². The average Bonchev–Trinajstić information content (AvgIpc) is 2.72. The third-order valence-corrected chi connectivity index (χ3v) is 5.30. The smallest absolute Gasteiger partial charge is 0.306 e. The molecule has 2 aromatic rings. The van der Waals surface area contributed by atoms with Crippen LogP contribution in [0.25, 0.3) is 11.1 Å². The van der Waals surface area contributed by atoms with Crippen molar-refractivity contribution in [2.24, 2.45) is 11.8 Å². The predicted molar refractivity (Wildman–Crippen MR) is 104 cm³/mol. The van der Waals surface area contributed by atoms with Gasteiger partial charge in [-0.3, -0.25) is 9.59 Å². The highest BCUT2D eigenvalue weighted by molar-refractivity contribution is 6.01. The number of nitrogens with one attached hydrogen (secondary N) is 1. The van der Waals surface area contributed by atoms with Gasteiger partial charge in [-0.15, -0.1) is 0 Å². The van der Waals surface area contributed by atoms with E-state index < -0.39 is 5.97 Å². The Morgan fingerprint density at radius 3 is 2.41 bits per heavy atom. The van der Waals surface area contributed by atoms with E-state index in [-0.39, 0.29) is 11.8 Å². The lowest BCUT2D eigenvalue weighted by Crippen LogP contribution is -2.32. The van der Waals surface area contributed by atoms with E-state index in [2.05, 4.69) is 5.32 Å². The normalized spacial score (nSPS) is 19.3. The minimum atomic E-state index is -0.707. The summed E-state index contributed by atoms with van der Waals surface area (Å²) in [4.78, 5) is 23.9. The van der Waals surface area contributed by atoms with Crippen LogP contribution in [0.4, 0.5) is 0 Å². The van der Waals surface area contributed by atoms with Crippen molar-refractivity contribution >= 4 is 11.9 Å². The summed E-state index contributed by atoms with van der Waals surface area (Å²) in [5.41, 5.74) is 2.43. The van der Waals surface area contributed by atoms with Gasteiger partial charge in [-0.1, -0.05) is 30.3 Å². The van der Waals surface area contributed by atoms with E-state index in [4.69, 9.17) is 9.84 Å². The Kier molecular flexibility index (Phi) is 6.12. The van der Waals surface area contributed by atoms with Crippen LogP contribution in [0.5, 0.6) is 5.75 Å². The number of benzene rings is 2. The van der Waals surface area contributed by atoms with Gasteiger partial charge in [0.1, 0.15) is 5.75 Å². The van der Waals surface area contributed by atoms with E-state index >= 15 is 0 Å². The molecule has 1 aliphatic rings. The Balaban J connectivity index is 1.70. The Morgan fingerprint density at radius 2 is 1.78 bits per heavy atom. The lowest BCUT2D eigenvalue weighted by molar-refractivity contribution is -0.143. The number of carboxylic acid groups (broad SMARTS) is 1. The van der Waals surface area contributed by atoms with Crippen LogP contribution in [0.2, 0.25) is 0 Å². The van der Waals surface area contributed by atoms with Gasteiger partial charge in [0, 0.05) is 6.54 Å². The molecule has 0 aliphatic heterocycles. The van der Waals surface area contributed by atoms with Crippen LogP contribution < -0.4 is 10.1 Å². The maximum Gasteiger partial charge on any atom is 0.306 e. The first-order chi connectivity index (χ1) is 13.1. The maximum atomic E-state index is 12.9. The monoisotopic (exact) mass is 367 g/mol. The second kappa shape index (κ2) is 8.71. The Morgan fingerprint density at radius 1 is 1.07 bits per heavy atom. The molecule has 0 unspecified atom stereocenters. The van der Waals surface area contributed by atoms with Gasteiger partial charge in [-0.05, 0) is 60.9 Å². The zero-order valence-electron chi connectivity index (χ0n) is 15.5. The fourth-order valence-corrected chi connectivity index (χ4v) is 3.65. The molecule has 5 nitrogen and oxygen atoms in total. The second-order valence-electron chi connectivity index (χ2n) is 7.04. The molecule has 142 valence electrons. The first-order valence-corrected chi connectivity index (χ1v) is 9.33. The lowest BCUT2D eigenvalue weighted by atomic mass is 9.82. The van der Waals surface area contributed by atoms with Crippen molar-refractivity contribution in [1.29, 1.82) is 0 Å². The van der Waals surface area contributed by atoms with E-state index in [9.17, 15) is 9.59 Å². The van der Waals surface area contributed by atoms with Crippen LogP contribution in [-0.2, 0) is 4.79 Å². The van der Waals surface area contributed by atoms with Crippen LogP contribution in [0.3, 0.4) is 0 Å². The molecule has 1 aliphatic carbocycles. The Bertz CT molecular complexity index is 795. The predicted octanol–water partition coefficient (Wildman–Crippen LogP) is 3.98. The van der Waals surface area contributed by atoms with Gasteiger partial charge >= 0.3 is 5.97 Å². The van der Waals surface area contributed by atoms with Crippen molar-refractivity contribution in [3.8, 4) is 16.9 Å². The quantitative estimate of drug-likeness (QED) is 0.810. The third kappa shape index (κ3) is 4.67. The molecule has 1 saturated carbocycles. The van der Waals surface area contributed by atoms with E-state index in [1.54, 1.807) is 13.2 Å². The number of ether oxygens (including phenoxy) is 1. The van der Waals surface area contributed by atoms with Crippen LogP contribution in [0.15, 0.2) is 48.5 Å². The molecule has 0 atom stereocenters. The largest absolute Gasteiger partial charge is 0.497 e. The van der Waals surface area contributed by atoms with Crippen LogP contribution >= 0.6 is 0 Å². The van der Waals surface area contributed by atoms with E-state index in [1.807, 2.05) is 42.5 Å². The summed E-state index contributed by atoms with van der Waals surface area (Å²) in [5.74, 6) is -0.105. The van der Waals surface area contributed by atoms with E-state index in [0.29, 0.717) is 36.6 Å². The fraction of sp³-hybridized carbons (Fsp3) is 0.364. The standard InChI is InChI=1S/C22H25NO4/c1-27-18-11-12-19(16-5-3-2-4-6-16)20(13-18)21(24)23-14-15-7-9-17(10-8-15)22(25)26/h2-6,11-13,15,17H,7-10,14H2,1H3,(H,23,24)(H,25,26). The van der Waals surface area contributed by atoms with Crippen molar-refractivity contribution in [2.45, 2.75) is 25.7 Å². The SMILES string of the molecule is COc1ccc(-c2ccccc2)c(C(=O)NCC2CCC(C(=O)O)CC2)c1. The molecule has 0 radical (unpaired) electrons. The summed E-state index contributed by atoms with van der Waals surface area (Å²) in [6.07, 6.45) is 3.04. The van der Waals surface area contributed by atoms with E-state index in [0.717, 1.165) is 24.0 Å². The van der Waals surface area contributed by atoms with Crippen LogP contribution in [0, 0.1) is 11.8 Å². The zero-order valence-corrected chi connectivity index (χ0v) is 15.5. The molecule has 0 saturated heterocycles. The molecular formula is C22H25NO4. The Labute approximate surface area is 159 Å². The molecule has 5 heteroatoms. The third-order valence-electron chi connectivity index (χ3n) is 5.30. The second-order valence-corrected chi connectivity index (χ2v) is 7.04. The lowest BCUT2D eigenvalue weighted by Gasteiger charge is -2.26. The summed E-state index contributed by atoms with van der Waals surface area (Å²) >= 11 is 0. The average molecular weight is 367 g/mol. The summed E-state index contributed by atoms with van der Waals surface area (Å²) in [5, 5.41) is 12.1. The van der Waals surface area contributed by atoms with Crippen LogP contribution in [-0.4, -0.2) is 30.6 Å². The fourth-order valence-electron chi connectivity index (χ4n) is 3.65. The molecule has 0 aromatic heterocycles. The number of carbonyl (C=O) groups excluding carboxylic acids is 1. The van der Waals surface area contributed by atoms with Crippen molar-refractivity contribution in [1.82, 2.24) is 5.32 Å². The number of carboxylic acids is 1. The molecule has 1 amide bonds. The molecular weight excluding hydrogens is 342 g/mol. The number of aliphatic carboxylic acids is 1. The topological polar surface area (TPSA) is 75.6 Å². The number of carbonyl (C=O) groups is 2. The van der Waals surface area contributed by atoms with Crippen molar-refractivity contribution in [3.63, 3.8) is 0 Å². The highest BCUT2D eigenvalue weighted by Crippen LogP contribution is 2.30. The van der Waals surface area contributed by atoms with Gasteiger partial charge in [0.2, 0.25) is 0 Å².